The number of anilines is 1. The molecule has 1 aromatic carbocycles. The minimum atomic E-state index is -4.73. The SMILES string of the molecule is Cc1cc2c(NCCCc3ccc(-c4ccc(OC(F)(F)F)cn4)cc3)nc(-c3ccoc3)nc2s1. The van der Waals surface area contributed by atoms with Gasteiger partial charge in [-0.3, -0.25) is 4.98 Å². The number of halogens is 3. The number of nitrogens with one attached hydrogen (secondary N) is 1. The van der Waals surface area contributed by atoms with Gasteiger partial charge in [-0.25, -0.2) is 9.97 Å². The largest absolute Gasteiger partial charge is 0.573 e. The summed E-state index contributed by atoms with van der Waals surface area (Å²) < 4.78 is 46.0. The van der Waals surface area contributed by atoms with Crippen LogP contribution in [-0.2, 0) is 6.42 Å². The number of nitrogens with zero attached hydrogens (tertiary/aromatic N) is 3. The minimum absolute atomic E-state index is 0.342. The molecule has 0 saturated heterocycles. The molecule has 184 valence electrons. The lowest BCUT2D eigenvalue weighted by molar-refractivity contribution is -0.274. The van der Waals surface area contributed by atoms with E-state index < -0.39 is 6.36 Å². The fourth-order valence-corrected chi connectivity index (χ4v) is 4.66. The molecule has 0 aliphatic rings. The number of pyridine rings is 1. The monoisotopic (exact) mass is 510 g/mol. The van der Waals surface area contributed by atoms with Gasteiger partial charge in [0.05, 0.1) is 29.1 Å². The van der Waals surface area contributed by atoms with Crippen LogP contribution in [0.3, 0.4) is 0 Å². The molecule has 0 aliphatic carbocycles. The average Bonchev–Trinajstić information content (AvgIpc) is 3.51. The van der Waals surface area contributed by atoms with E-state index in [4.69, 9.17) is 9.40 Å². The summed E-state index contributed by atoms with van der Waals surface area (Å²) >= 11 is 1.63. The van der Waals surface area contributed by atoms with Gasteiger partial charge in [0.15, 0.2) is 5.82 Å². The molecular formula is C26H21F3N4O2S. The summed E-state index contributed by atoms with van der Waals surface area (Å²) in [6.45, 7) is 2.79. The first-order valence-electron chi connectivity index (χ1n) is 11.2. The Bertz CT molecular complexity index is 1450. The number of aryl methyl sites for hydroxylation is 2. The zero-order valence-corrected chi connectivity index (χ0v) is 20.0. The van der Waals surface area contributed by atoms with Crippen molar-refractivity contribution in [2.24, 2.45) is 0 Å². The summed E-state index contributed by atoms with van der Waals surface area (Å²) in [5, 5.41) is 4.46. The predicted molar refractivity (Wildman–Crippen MR) is 133 cm³/mol. The smallest absolute Gasteiger partial charge is 0.472 e. The minimum Gasteiger partial charge on any atom is -0.472 e. The fourth-order valence-electron chi connectivity index (χ4n) is 3.78. The molecule has 0 bridgehead atoms. The number of thiophene rings is 1. The molecule has 6 nitrogen and oxygen atoms in total. The number of hydrogen-bond acceptors (Lipinski definition) is 7. The van der Waals surface area contributed by atoms with Crippen LogP contribution in [0.25, 0.3) is 32.9 Å². The van der Waals surface area contributed by atoms with Crippen molar-refractivity contribution < 1.29 is 22.3 Å². The molecule has 4 aromatic heterocycles. The molecule has 0 saturated carbocycles. The molecule has 5 aromatic rings. The third-order valence-electron chi connectivity index (χ3n) is 5.45. The molecule has 36 heavy (non-hydrogen) atoms. The van der Waals surface area contributed by atoms with Gasteiger partial charge < -0.3 is 14.5 Å². The third-order valence-corrected chi connectivity index (χ3v) is 6.39. The van der Waals surface area contributed by atoms with Gasteiger partial charge in [0.2, 0.25) is 0 Å². The molecule has 5 rings (SSSR count). The Hall–Kier alpha value is -3.92. The highest BCUT2D eigenvalue weighted by Crippen LogP contribution is 2.31. The van der Waals surface area contributed by atoms with Gasteiger partial charge in [-0.15, -0.1) is 24.5 Å². The lowest BCUT2D eigenvalue weighted by atomic mass is 10.1. The topological polar surface area (TPSA) is 73.1 Å². The van der Waals surface area contributed by atoms with Crippen molar-refractivity contribution in [3.8, 4) is 28.4 Å². The Morgan fingerprint density at radius 1 is 1.03 bits per heavy atom. The number of rotatable bonds is 8. The number of furan rings is 1. The Labute approximate surface area is 208 Å². The molecule has 0 fully saturated rings. The van der Waals surface area contributed by atoms with Crippen LogP contribution >= 0.6 is 11.3 Å². The molecule has 4 heterocycles. The van der Waals surface area contributed by atoms with Crippen LogP contribution in [0.1, 0.15) is 16.9 Å². The van der Waals surface area contributed by atoms with Gasteiger partial charge in [-0.1, -0.05) is 24.3 Å². The Balaban J connectivity index is 1.20. The van der Waals surface area contributed by atoms with Crippen LogP contribution in [-0.4, -0.2) is 27.9 Å². The van der Waals surface area contributed by atoms with Crippen molar-refractivity contribution in [1.29, 1.82) is 0 Å². The van der Waals surface area contributed by atoms with E-state index in [9.17, 15) is 13.2 Å². The lowest BCUT2D eigenvalue weighted by Gasteiger charge is -2.10. The average molecular weight is 511 g/mol. The van der Waals surface area contributed by atoms with Crippen LogP contribution in [0, 0.1) is 6.92 Å². The van der Waals surface area contributed by atoms with E-state index in [1.807, 2.05) is 30.3 Å². The molecule has 10 heteroatoms. The molecule has 0 unspecified atom stereocenters. The van der Waals surface area contributed by atoms with E-state index >= 15 is 0 Å². The first-order valence-corrected chi connectivity index (χ1v) is 12.0. The van der Waals surface area contributed by atoms with Crippen molar-refractivity contribution in [2.45, 2.75) is 26.1 Å². The summed E-state index contributed by atoms with van der Waals surface area (Å²) in [4.78, 5) is 15.6. The second-order valence-corrected chi connectivity index (χ2v) is 9.37. The van der Waals surface area contributed by atoms with Crippen LogP contribution in [0.15, 0.2) is 71.7 Å². The molecule has 0 aliphatic heterocycles. The molecule has 0 amide bonds. The molecule has 0 atom stereocenters. The number of benzene rings is 1. The summed E-state index contributed by atoms with van der Waals surface area (Å²) in [6, 6.07) is 14.5. The maximum Gasteiger partial charge on any atom is 0.573 e. The van der Waals surface area contributed by atoms with E-state index in [0.29, 0.717) is 11.5 Å². The van der Waals surface area contributed by atoms with E-state index in [1.165, 1.54) is 17.0 Å². The van der Waals surface area contributed by atoms with Crippen molar-refractivity contribution >= 4 is 27.4 Å². The number of hydrogen-bond donors (Lipinski definition) is 1. The number of ether oxygens (including phenoxy) is 1. The molecule has 1 N–H and O–H groups in total. The number of fused-ring (bicyclic) bond motifs is 1. The Morgan fingerprint density at radius 2 is 1.86 bits per heavy atom. The van der Waals surface area contributed by atoms with Gasteiger partial charge in [0, 0.05) is 17.0 Å². The molecular weight excluding hydrogens is 489 g/mol. The lowest BCUT2D eigenvalue weighted by Crippen LogP contribution is -2.17. The second kappa shape index (κ2) is 9.98. The third kappa shape index (κ3) is 5.65. The summed E-state index contributed by atoms with van der Waals surface area (Å²) in [5.41, 5.74) is 3.38. The standard InChI is InChI=1S/C26H21F3N4O2S/c1-16-13-21-24(32-23(33-25(21)36-16)19-10-12-34-15-19)30-11-2-3-17-4-6-18(7-5-17)22-9-8-20(14-31-22)35-26(27,28)29/h4-10,12-15H,2-3,11H2,1H3,(H,30,32,33). The van der Waals surface area contributed by atoms with Crippen molar-refractivity contribution in [2.75, 3.05) is 11.9 Å². The van der Waals surface area contributed by atoms with Gasteiger partial charge in [-0.05, 0) is 49.6 Å². The van der Waals surface area contributed by atoms with Crippen LogP contribution < -0.4 is 10.1 Å². The summed E-state index contributed by atoms with van der Waals surface area (Å²) in [5.74, 6) is 1.09. The van der Waals surface area contributed by atoms with Crippen molar-refractivity contribution in [3.05, 3.63) is 77.7 Å². The normalized spacial score (nSPS) is 11.7. The Kier molecular flexibility index (Phi) is 6.60. The first kappa shape index (κ1) is 23.8. The zero-order chi connectivity index (χ0) is 25.1. The quantitative estimate of drug-likeness (QED) is 0.221. The summed E-state index contributed by atoms with van der Waals surface area (Å²) in [7, 11) is 0. The number of aromatic nitrogens is 3. The van der Waals surface area contributed by atoms with Crippen LogP contribution in [0.2, 0.25) is 0 Å². The van der Waals surface area contributed by atoms with Gasteiger partial charge in [0.25, 0.3) is 0 Å². The maximum atomic E-state index is 12.3. The van der Waals surface area contributed by atoms with E-state index in [0.717, 1.165) is 58.3 Å². The maximum absolute atomic E-state index is 12.3. The highest BCUT2D eigenvalue weighted by molar-refractivity contribution is 7.18. The molecule has 0 spiro atoms. The van der Waals surface area contributed by atoms with Crippen LogP contribution in [0.5, 0.6) is 5.75 Å². The zero-order valence-electron chi connectivity index (χ0n) is 19.2. The van der Waals surface area contributed by atoms with Crippen molar-refractivity contribution in [1.82, 2.24) is 15.0 Å². The highest BCUT2D eigenvalue weighted by atomic mass is 32.1. The van der Waals surface area contributed by atoms with Gasteiger partial charge >= 0.3 is 6.36 Å². The summed E-state index contributed by atoms with van der Waals surface area (Å²) in [6.07, 6.45) is 1.31. The first-order chi connectivity index (χ1) is 17.3. The van der Waals surface area contributed by atoms with Gasteiger partial charge in [0.1, 0.15) is 22.7 Å². The van der Waals surface area contributed by atoms with E-state index in [1.54, 1.807) is 23.9 Å². The van der Waals surface area contributed by atoms with Crippen LogP contribution in [0.4, 0.5) is 19.0 Å². The molecule has 0 radical (unpaired) electrons. The predicted octanol–water partition coefficient (Wildman–Crippen LogP) is 7.27. The fraction of sp³-hybridized carbons (Fsp3) is 0.192. The van der Waals surface area contributed by atoms with E-state index in [2.05, 4.69) is 33.0 Å². The van der Waals surface area contributed by atoms with Crippen molar-refractivity contribution in [3.63, 3.8) is 0 Å². The second-order valence-electron chi connectivity index (χ2n) is 8.14. The Morgan fingerprint density at radius 3 is 2.56 bits per heavy atom. The van der Waals surface area contributed by atoms with E-state index in [-0.39, 0.29) is 5.75 Å². The van der Waals surface area contributed by atoms with Gasteiger partial charge in [-0.2, -0.15) is 0 Å². The number of alkyl halides is 3. The highest BCUT2D eigenvalue weighted by Gasteiger charge is 2.31.